The first kappa shape index (κ1) is 17.2. The lowest BCUT2D eigenvalue weighted by molar-refractivity contribution is 0.357. The molecule has 0 saturated carbocycles. The third kappa shape index (κ3) is 4.45. The van der Waals surface area contributed by atoms with Crippen LogP contribution in [0.15, 0.2) is 51.5 Å². The quantitative estimate of drug-likeness (QED) is 0.662. The second-order valence-corrected chi connectivity index (χ2v) is 6.09. The van der Waals surface area contributed by atoms with Crippen molar-refractivity contribution in [3.05, 3.63) is 54.1 Å². The molecule has 0 unspecified atom stereocenters. The maximum absolute atomic E-state index is 5.68. The van der Waals surface area contributed by atoms with Gasteiger partial charge in [0.15, 0.2) is 10.9 Å². The van der Waals surface area contributed by atoms with Crippen LogP contribution < -0.4 is 5.32 Å². The van der Waals surface area contributed by atoms with Crippen LogP contribution in [0.1, 0.15) is 24.8 Å². The molecule has 3 aromatic rings. The zero-order chi connectivity index (χ0) is 17.6. The maximum atomic E-state index is 5.68. The molecule has 3 rings (SSSR count). The van der Waals surface area contributed by atoms with Gasteiger partial charge in [-0.15, -0.1) is 10.2 Å². The van der Waals surface area contributed by atoms with Gasteiger partial charge >= 0.3 is 0 Å². The molecule has 0 radical (unpaired) electrons. The van der Waals surface area contributed by atoms with E-state index in [1.807, 2.05) is 30.0 Å². The van der Waals surface area contributed by atoms with Crippen LogP contribution in [-0.4, -0.2) is 26.8 Å². The van der Waals surface area contributed by atoms with Gasteiger partial charge in [-0.2, -0.15) is 0 Å². The highest BCUT2D eigenvalue weighted by Crippen LogP contribution is 2.19. The van der Waals surface area contributed by atoms with E-state index in [2.05, 4.69) is 28.5 Å². The largest absolute Gasteiger partial charge is 0.459 e. The first-order valence-corrected chi connectivity index (χ1v) is 8.55. The lowest BCUT2D eigenvalue weighted by atomic mass is 10.2. The van der Waals surface area contributed by atoms with Crippen LogP contribution in [0, 0.1) is 6.92 Å². The van der Waals surface area contributed by atoms with Crippen LogP contribution in [0.3, 0.4) is 0 Å². The summed E-state index contributed by atoms with van der Waals surface area (Å²) in [4.78, 5) is 2.01. The number of aryl methyl sites for hydroxylation is 1. The molecule has 2 aromatic heterocycles. The summed E-state index contributed by atoms with van der Waals surface area (Å²) in [5.74, 6) is 1.42. The van der Waals surface area contributed by atoms with Crippen molar-refractivity contribution in [2.45, 2.75) is 26.8 Å². The molecular weight excluding hydrogens is 336 g/mol. The van der Waals surface area contributed by atoms with Crippen molar-refractivity contribution in [1.82, 2.24) is 15.1 Å². The van der Waals surface area contributed by atoms with E-state index < -0.39 is 0 Å². The minimum atomic E-state index is 0.369. The maximum Gasteiger partial charge on any atom is 0.283 e. The second-order valence-electron chi connectivity index (χ2n) is 5.70. The smallest absolute Gasteiger partial charge is 0.283 e. The lowest BCUT2D eigenvalue weighted by Crippen LogP contribution is -2.35. The Kier molecular flexibility index (Phi) is 5.45. The molecular formula is C18H20N4O2S. The van der Waals surface area contributed by atoms with Gasteiger partial charge in [-0.05, 0) is 55.4 Å². The SMILES string of the molecule is CCCN(Cc1nnc(-c2ccco2)o1)C(=S)Nc1cccc(C)c1. The van der Waals surface area contributed by atoms with E-state index in [1.165, 1.54) is 5.56 Å². The van der Waals surface area contributed by atoms with E-state index >= 15 is 0 Å². The van der Waals surface area contributed by atoms with Crippen molar-refractivity contribution in [2.24, 2.45) is 0 Å². The van der Waals surface area contributed by atoms with Gasteiger partial charge in [-0.25, -0.2) is 0 Å². The fourth-order valence-electron chi connectivity index (χ4n) is 2.43. The van der Waals surface area contributed by atoms with Gasteiger partial charge in [-0.3, -0.25) is 0 Å². The molecule has 6 nitrogen and oxygen atoms in total. The predicted octanol–water partition coefficient (Wildman–Crippen LogP) is 4.25. The molecule has 0 saturated heterocycles. The molecule has 0 aliphatic carbocycles. The van der Waals surface area contributed by atoms with Gasteiger partial charge in [-0.1, -0.05) is 19.1 Å². The van der Waals surface area contributed by atoms with Gasteiger partial charge in [0.1, 0.15) is 0 Å². The molecule has 2 heterocycles. The minimum absolute atomic E-state index is 0.369. The Bertz CT molecular complexity index is 829. The molecule has 130 valence electrons. The second kappa shape index (κ2) is 7.94. The molecule has 0 bridgehead atoms. The van der Waals surface area contributed by atoms with E-state index in [9.17, 15) is 0 Å². The average Bonchev–Trinajstić information content (AvgIpc) is 3.26. The molecule has 1 N–H and O–H groups in total. The lowest BCUT2D eigenvalue weighted by Gasteiger charge is -2.24. The number of furan rings is 1. The van der Waals surface area contributed by atoms with E-state index in [4.69, 9.17) is 21.1 Å². The Balaban J connectivity index is 1.69. The Labute approximate surface area is 151 Å². The van der Waals surface area contributed by atoms with Gasteiger partial charge in [0.05, 0.1) is 12.8 Å². The van der Waals surface area contributed by atoms with Crippen LogP contribution in [0.4, 0.5) is 5.69 Å². The number of thiocarbonyl (C=S) groups is 1. The van der Waals surface area contributed by atoms with Crippen molar-refractivity contribution in [3.63, 3.8) is 0 Å². The number of hydrogen-bond donors (Lipinski definition) is 1. The number of anilines is 1. The average molecular weight is 356 g/mol. The first-order valence-electron chi connectivity index (χ1n) is 8.14. The molecule has 0 aliphatic rings. The van der Waals surface area contributed by atoms with Gasteiger partial charge in [0, 0.05) is 12.2 Å². The third-order valence-corrected chi connectivity index (χ3v) is 3.94. The van der Waals surface area contributed by atoms with E-state index in [0.717, 1.165) is 18.7 Å². The highest BCUT2D eigenvalue weighted by atomic mass is 32.1. The van der Waals surface area contributed by atoms with E-state index in [1.54, 1.807) is 18.4 Å². The highest BCUT2D eigenvalue weighted by molar-refractivity contribution is 7.80. The Morgan fingerprint density at radius 1 is 1.24 bits per heavy atom. The van der Waals surface area contributed by atoms with Crippen molar-refractivity contribution in [3.8, 4) is 11.7 Å². The number of aromatic nitrogens is 2. The van der Waals surface area contributed by atoms with E-state index in [0.29, 0.717) is 29.2 Å². The van der Waals surface area contributed by atoms with Crippen LogP contribution in [-0.2, 0) is 6.54 Å². The summed E-state index contributed by atoms with van der Waals surface area (Å²) < 4.78 is 11.0. The topological polar surface area (TPSA) is 67.3 Å². The molecule has 0 spiro atoms. The predicted molar refractivity (Wildman–Crippen MR) is 100 cm³/mol. The standard InChI is InChI=1S/C18H20N4O2S/c1-3-9-22(18(25)19-14-7-4-6-13(2)11-14)12-16-20-21-17(24-16)15-8-5-10-23-15/h4-8,10-11H,3,9,12H2,1-2H3,(H,19,25). The van der Waals surface area contributed by atoms with Gasteiger partial charge in [0.2, 0.25) is 5.89 Å². The van der Waals surface area contributed by atoms with E-state index in [-0.39, 0.29) is 0 Å². The summed E-state index contributed by atoms with van der Waals surface area (Å²) in [5, 5.41) is 12.0. The Morgan fingerprint density at radius 2 is 2.12 bits per heavy atom. The van der Waals surface area contributed by atoms with Crippen molar-refractivity contribution >= 4 is 23.0 Å². The molecule has 0 aliphatic heterocycles. The molecule has 0 amide bonds. The van der Waals surface area contributed by atoms with Crippen molar-refractivity contribution < 1.29 is 8.83 Å². The molecule has 7 heteroatoms. The minimum Gasteiger partial charge on any atom is -0.459 e. The number of benzene rings is 1. The Hall–Kier alpha value is -2.67. The summed E-state index contributed by atoms with van der Waals surface area (Å²) in [7, 11) is 0. The molecule has 0 atom stereocenters. The van der Waals surface area contributed by atoms with Crippen LogP contribution in [0.25, 0.3) is 11.7 Å². The van der Waals surface area contributed by atoms with Crippen LogP contribution in [0.2, 0.25) is 0 Å². The zero-order valence-corrected chi connectivity index (χ0v) is 15.0. The fourth-order valence-corrected chi connectivity index (χ4v) is 2.70. The fraction of sp³-hybridized carbons (Fsp3) is 0.278. The Morgan fingerprint density at radius 3 is 2.84 bits per heavy atom. The monoisotopic (exact) mass is 356 g/mol. The number of nitrogens with one attached hydrogen (secondary N) is 1. The summed E-state index contributed by atoms with van der Waals surface area (Å²) in [6.07, 6.45) is 2.53. The molecule has 1 aromatic carbocycles. The molecule has 25 heavy (non-hydrogen) atoms. The summed E-state index contributed by atoms with van der Waals surface area (Å²) in [5.41, 5.74) is 2.14. The summed E-state index contributed by atoms with van der Waals surface area (Å²) in [6.45, 7) is 5.38. The zero-order valence-electron chi connectivity index (χ0n) is 14.2. The number of hydrogen-bond acceptors (Lipinski definition) is 5. The first-order chi connectivity index (χ1) is 12.2. The highest BCUT2D eigenvalue weighted by Gasteiger charge is 2.16. The van der Waals surface area contributed by atoms with Gasteiger partial charge in [0.25, 0.3) is 5.89 Å². The summed E-state index contributed by atoms with van der Waals surface area (Å²) >= 11 is 5.56. The van der Waals surface area contributed by atoms with Gasteiger partial charge < -0.3 is 19.1 Å². The van der Waals surface area contributed by atoms with Crippen LogP contribution in [0.5, 0.6) is 0 Å². The number of nitrogens with zero attached hydrogens (tertiary/aromatic N) is 3. The van der Waals surface area contributed by atoms with Crippen molar-refractivity contribution in [1.29, 1.82) is 0 Å². The normalized spacial score (nSPS) is 10.6. The van der Waals surface area contributed by atoms with Crippen molar-refractivity contribution in [2.75, 3.05) is 11.9 Å². The van der Waals surface area contributed by atoms with Crippen LogP contribution >= 0.6 is 12.2 Å². The molecule has 0 fully saturated rings. The third-order valence-electron chi connectivity index (χ3n) is 3.58. The number of rotatable bonds is 6. The summed E-state index contributed by atoms with van der Waals surface area (Å²) in [6, 6.07) is 11.7.